The number of amides is 1. The molecular formula is C3H6N2O2. The van der Waals surface area contributed by atoms with E-state index in [0.717, 1.165) is 0 Å². The van der Waals surface area contributed by atoms with Gasteiger partial charge in [-0.3, -0.25) is 5.32 Å². The second kappa shape index (κ2) is 1.79. The van der Waals surface area contributed by atoms with Crippen LogP contribution in [0.1, 0.15) is 0 Å². The third-order valence-electron chi connectivity index (χ3n) is 0.663. The molecule has 1 saturated heterocycles. The Bertz CT molecular complexity index is 75.0. The van der Waals surface area contributed by atoms with Gasteiger partial charge < -0.3 is 10.1 Å². The van der Waals surface area contributed by atoms with Gasteiger partial charge in [0.15, 0.2) is 0 Å². The average Bonchev–Trinajstić information content (AvgIpc) is 1.69. The SMILES string of the molecule is O=C1NCNCO1. The number of carbonyl (C=O) groups excluding carboxylic acids is 1. The summed E-state index contributed by atoms with van der Waals surface area (Å²) < 4.78 is 4.42. The molecule has 1 rings (SSSR count). The Morgan fingerprint density at radius 1 is 1.71 bits per heavy atom. The van der Waals surface area contributed by atoms with Gasteiger partial charge in [0.05, 0.1) is 6.67 Å². The molecule has 0 aromatic rings. The van der Waals surface area contributed by atoms with Gasteiger partial charge in [-0.05, 0) is 0 Å². The summed E-state index contributed by atoms with van der Waals surface area (Å²) in [5.41, 5.74) is 0. The van der Waals surface area contributed by atoms with Crippen LogP contribution < -0.4 is 10.6 Å². The lowest BCUT2D eigenvalue weighted by Gasteiger charge is -2.12. The van der Waals surface area contributed by atoms with Crippen LogP contribution in [0, 0.1) is 0 Å². The molecule has 0 radical (unpaired) electrons. The first kappa shape index (κ1) is 4.39. The van der Waals surface area contributed by atoms with E-state index in [1.807, 2.05) is 0 Å². The standard InChI is InChI=1S/C3H6N2O2/c6-3-5-1-4-2-7-3/h4H,1-2H2,(H,5,6). The Morgan fingerprint density at radius 3 is 2.86 bits per heavy atom. The molecule has 4 nitrogen and oxygen atoms in total. The Balaban J connectivity index is 2.25. The highest BCUT2D eigenvalue weighted by molar-refractivity contribution is 5.67. The van der Waals surface area contributed by atoms with Crippen LogP contribution in [0.5, 0.6) is 0 Å². The molecule has 1 fully saturated rings. The summed E-state index contributed by atoms with van der Waals surface area (Å²) in [7, 11) is 0. The second-order valence-corrected chi connectivity index (χ2v) is 1.18. The minimum Gasteiger partial charge on any atom is -0.434 e. The first-order chi connectivity index (χ1) is 3.39. The predicted molar refractivity (Wildman–Crippen MR) is 22.5 cm³/mol. The zero-order valence-corrected chi connectivity index (χ0v) is 3.73. The van der Waals surface area contributed by atoms with Crippen LogP contribution in [0.2, 0.25) is 0 Å². The molecule has 7 heavy (non-hydrogen) atoms. The predicted octanol–water partition coefficient (Wildman–Crippen LogP) is -0.769. The highest BCUT2D eigenvalue weighted by Crippen LogP contribution is 1.76. The van der Waals surface area contributed by atoms with Gasteiger partial charge in [-0.15, -0.1) is 0 Å². The van der Waals surface area contributed by atoms with Gasteiger partial charge in [-0.25, -0.2) is 4.79 Å². The molecule has 0 atom stereocenters. The van der Waals surface area contributed by atoms with E-state index in [4.69, 9.17) is 0 Å². The van der Waals surface area contributed by atoms with Crippen molar-refractivity contribution in [2.75, 3.05) is 13.4 Å². The lowest BCUT2D eigenvalue weighted by atomic mass is 10.9. The fourth-order valence-electron chi connectivity index (χ4n) is 0.353. The maximum Gasteiger partial charge on any atom is 0.409 e. The van der Waals surface area contributed by atoms with Crippen LogP contribution in [0.25, 0.3) is 0 Å². The summed E-state index contributed by atoms with van der Waals surface area (Å²) in [6.45, 7) is 0.838. The topological polar surface area (TPSA) is 50.4 Å². The number of rotatable bonds is 0. The first-order valence-corrected chi connectivity index (χ1v) is 2.01. The quantitative estimate of drug-likeness (QED) is 0.422. The van der Waals surface area contributed by atoms with Crippen LogP contribution in [0.15, 0.2) is 0 Å². The molecule has 0 unspecified atom stereocenters. The van der Waals surface area contributed by atoms with E-state index in [1.165, 1.54) is 0 Å². The number of alkyl carbamates (subject to hydrolysis) is 1. The smallest absolute Gasteiger partial charge is 0.409 e. The maximum atomic E-state index is 10.1. The van der Waals surface area contributed by atoms with E-state index in [1.54, 1.807) is 0 Å². The molecule has 0 bridgehead atoms. The molecule has 2 N–H and O–H groups in total. The third-order valence-corrected chi connectivity index (χ3v) is 0.663. The zero-order valence-electron chi connectivity index (χ0n) is 3.73. The molecule has 0 aliphatic carbocycles. The summed E-state index contributed by atoms with van der Waals surface area (Å²) in [6.07, 6.45) is -0.348. The minimum atomic E-state index is -0.348. The molecule has 0 saturated carbocycles. The van der Waals surface area contributed by atoms with Crippen molar-refractivity contribution in [1.82, 2.24) is 10.6 Å². The van der Waals surface area contributed by atoms with Crippen molar-refractivity contribution in [2.45, 2.75) is 0 Å². The summed E-state index contributed by atoms with van der Waals surface area (Å²) in [6, 6.07) is 0. The molecule has 0 spiro atoms. The van der Waals surface area contributed by atoms with E-state index in [0.29, 0.717) is 13.4 Å². The normalized spacial score (nSPS) is 20.3. The van der Waals surface area contributed by atoms with Crippen molar-refractivity contribution in [2.24, 2.45) is 0 Å². The van der Waals surface area contributed by atoms with E-state index in [2.05, 4.69) is 15.4 Å². The van der Waals surface area contributed by atoms with Gasteiger partial charge in [0.1, 0.15) is 6.73 Å². The third kappa shape index (κ3) is 1.04. The number of cyclic esters (lactones) is 1. The number of hydrogen-bond donors (Lipinski definition) is 2. The molecule has 0 aromatic carbocycles. The summed E-state index contributed by atoms with van der Waals surface area (Å²) in [5.74, 6) is 0. The van der Waals surface area contributed by atoms with Crippen LogP contribution in [-0.2, 0) is 4.74 Å². The van der Waals surface area contributed by atoms with Crippen LogP contribution in [-0.4, -0.2) is 19.5 Å². The molecule has 0 aromatic heterocycles. The Kier molecular flexibility index (Phi) is 1.12. The number of nitrogens with one attached hydrogen (secondary N) is 2. The fraction of sp³-hybridized carbons (Fsp3) is 0.667. The zero-order chi connectivity index (χ0) is 5.11. The molecule has 1 aliphatic rings. The number of ether oxygens (including phenoxy) is 1. The lowest BCUT2D eigenvalue weighted by molar-refractivity contribution is 0.116. The van der Waals surface area contributed by atoms with Crippen molar-refractivity contribution in [3.8, 4) is 0 Å². The van der Waals surface area contributed by atoms with Gasteiger partial charge >= 0.3 is 6.09 Å². The highest BCUT2D eigenvalue weighted by atomic mass is 16.6. The molecule has 40 valence electrons. The van der Waals surface area contributed by atoms with Gasteiger partial charge in [-0.1, -0.05) is 0 Å². The molecule has 1 heterocycles. The summed E-state index contributed by atoms with van der Waals surface area (Å²) >= 11 is 0. The maximum absolute atomic E-state index is 10.1. The van der Waals surface area contributed by atoms with Crippen molar-refractivity contribution in [3.63, 3.8) is 0 Å². The highest BCUT2D eigenvalue weighted by Gasteiger charge is 2.03. The monoisotopic (exact) mass is 102 g/mol. The number of hydrogen-bond acceptors (Lipinski definition) is 3. The van der Waals surface area contributed by atoms with E-state index in [-0.39, 0.29) is 6.09 Å². The van der Waals surface area contributed by atoms with Gasteiger partial charge in [-0.2, -0.15) is 0 Å². The Labute approximate surface area is 40.8 Å². The fourth-order valence-corrected chi connectivity index (χ4v) is 0.353. The molecule has 1 amide bonds. The molecular weight excluding hydrogens is 96.0 g/mol. The van der Waals surface area contributed by atoms with Crippen molar-refractivity contribution < 1.29 is 9.53 Å². The van der Waals surface area contributed by atoms with E-state index >= 15 is 0 Å². The van der Waals surface area contributed by atoms with E-state index < -0.39 is 0 Å². The summed E-state index contributed by atoms with van der Waals surface area (Å²) in [4.78, 5) is 10.1. The van der Waals surface area contributed by atoms with Gasteiger partial charge in [0.25, 0.3) is 0 Å². The largest absolute Gasteiger partial charge is 0.434 e. The Morgan fingerprint density at radius 2 is 2.57 bits per heavy atom. The molecule has 4 heteroatoms. The summed E-state index contributed by atoms with van der Waals surface area (Å²) in [5, 5.41) is 5.17. The van der Waals surface area contributed by atoms with Gasteiger partial charge in [0.2, 0.25) is 0 Å². The lowest BCUT2D eigenvalue weighted by Crippen LogP contribution is -2.42. The molecule has 1 aliphatic heterocycles. The van der Waals surface area contributed by atoms with E-state index in [9.17, 15) is 4.79 Å². The van der Waals surface area contributed by atoms with Crippen molar-refractivity contribution in [3.05, 3.63) is 0 Å². The van der Waals surface area contributed by atoms with Crippen LogP contribution in [0.3, 0.4) is 0 Å². The average molecular weight is 102 g/mol. The second-order valence-electron chi connectivity index (χ2n) is 1.18. The van der Waals surface area contributed by atoms with Crippen LogP contribution >= 0.6 is 0 Å². The first-order valence-electron chi connectivity index (χ1n) is 2.01. The van der Waals surface area contributed by atoms with Crippen molar-refractivity contribution in [1.29, 1.82) is 0 Å². The number of carbonyl (C=O) groups is 1. The van der Waals surface area contributed by atoms with Gasteiger partial charge in [0, 0.05) is 0 Å². The Hall–Kier alpha value is -0.770. The van der Waals surface area contributed by atoms with Crippen LogP contribution in [0.4, 0.5) is 4.79 Å². The van der Waals surface area contributed by atoms with Crippen molar-refractivity contribution >= 4 is 6.09 Å². The minimum absolute atomic E-state index is 0.325.